The number of aromatic nitrogens is 2. The van der Waals surface area contributed by atoms with Crippen LogP contribution in [0.15, 0.2) is 34.8 Å². The summed E-state index contributed by atoms with van der Waals surface area (Å²) in [5.74, 6) is 1.64. The van der Waals surface area contributed by atoms with Crippen LogP contribution < -0.4 is 5.32 Å². The van der Waals surface area contributed by atoms with Crippen molar-refractivity contribution in [2.24, 2.45) is 5.92 Å². The van der Waals surface area contributed by atoms with E-state index in [9.17, 15) is 0 Å². The van der Waals surface area contributed by atoms with Crippen molar-refractivity contribution in [3.8, 4) is 11.3 Å². The lowest BCUT2D eigenvalue weighted by Crippen LogP contribution is -2.12. The SMILES string of the molecule is Cc1cc(-c2cccc(Br)c2)nc(CC2CCNC2)n1. The van der Waals surface area contributed by atoms with Crippen molar-refractivity contribution in [1.82, 2.24) is 15.3 Å². The molecule has 1 unspecified atom stereocenters. The Balaban J connectivity index is 1.89. The lowest BCUT2D eigenvalue weighted by molar-refractivity contribution is 0.561. The predicted molar refractivity (Wildman–Crippen MR) is 84.6 cm³/mol. The second kappa shape index (κ2) is 6.02. The van der Waals surface area contributed by atoms with Crippen LogP contribution in [0.4, 0.5) is 0 Å². The number of hydrogen-bond donors (Lipinski definition) is 1. The van der Waals surface area contributed by atoms with Gasteiger partial charge in [0.2, 0.25) is 0 Å². The van der Waals surface area contributed by atoms with Gasteiger partial charge in [-0.05, 0) is 50.6 Å². The van der Waals surface area contributed by atoms with Gasteiger partial charge in [0, 0.05) is 22.2 Å². The van der Waals surface area contributed by atoms with Gasteiger partial charge in [-0.3, -0.25) is 0 Å². The standard InChI is InChI=1S/C16H18BrN3/c1-11-7-15(13-3-2-4-14(17)9-13)20-16(19-11)8-12-5-6-18-10-12/h2-4,7,9,12,18H,5-6,8,10H2,1H3. The second-order valence-electron chi connectivity index (χ2n) is 5.38. The molecule has 104 valence electrons. The zero-order valence-corrected chi connectivity index (χ0v) is 13.2. The average Bonchev–Trinajstić information content (AvgIpc) is 2.91. The molecule has 1 aliphatic rings. The van der Waals surface area contributed by atoms with Crippen LogP contribution in [-0.2, 0) is 6.42 Å². The van der Waals surface area contributed by atoms with E-state index >= 15 is 0 Å². The van der Waals surface area contributed by atoms with E-state index in [-0.39, 0.29) is 0 Å². The van der Waals surface area contributed by atoms with Gasteiger partial charge in [0.15, 0.2) is 0 Å². The maximum Gasteiger partial charge on any atom is 0.129 e. The van der Waals surface area contributed by atoms with Crippen LogP contribution in [0, 0.1) is 12.8 Å². The normalized spacial score (nSPS) is 18.4. The molecule has 0 aliphatic carbocycles. The number of rotatable bonds is 3. The van der Waals surface area contributed by atoms with E-state index in [1.807, 2.05) is 19.1 Å². The number of aryl methyl sites for hydroxylation is 1. The first kappa shape index (κ1) is 13.7. The molecule has 1 aromatic carbocycles. The first-order valence-corrected chi connectivity index (χ1v) is 7.81. The maximum absolute atomic E-state index is 4.75. The second-order valence-corrected chi connectivity index (χ2v) is 6.30. The molecule has 1 aromatic heterocycles. The van der Waals surface area contributed by atoms with Crippen molar-refractivity contribution in [3.63, 3.8) is 0 Å². The Morgan fingerprint density at radius 1 is 1.30 bits per heavy atom. The van der Waals surface area contributed by atoms with Crippen molar-refractivity contribution in [2.75, 3.05) is 13.1 Å². The third kappa shape index (κ3) is 3.25. The molecule has 0 spiro atoms. The van der Waals surface area contributed by atoms with Crippen LogP contribution in [-0.4, -0.2) is 23.1 Å². The molecule has 1 aliphatic heterocycles. The van der Waals surface area contributed by atoms with Gasteiger partial charge in [0.1, 0.15) is 5.82 Å². The fraction of sp³-hybridized carbons (Fsp3) is 0.375. The maximum atomic E-state index is 4.75. The van der Waals surface area contributed by atoms with E-state index < -0.39 is 0 Å². The minimum absolute atomic E-state index is 0.673. The van der Waals surface area contributed by atoms with Gasteiger partial charge in [-0.15, -0.1) is 0 Å². The lowest BCUT2D eigenvalue weighted by atomic mass is 10.0. The third-order valence-corrected chi connectivity index (χ3v) is 4.15. The molecular formula is C16H18BrN3. The van der Waals surface area contributed by atoms with Crippen molar-refractivity contribution < 1.29 is 0 Å². The van der Waals surface area contributed by atoms with Crippen LogP contribution >= 0.6 is 15.9 Å². The minimum atomic E-state index is 0.673. The molecule has 20 heavy (non-hydrogen) atoms. The van der Waals surface area contributed by atoms with E-state index in [0.29, 0.717) is 5.92 Å². The van der Waals surface area contributed by atoms with Gasteiger partial charge < -0.3 is 5.32 Å². The van der Waals surface area contributed by atoms with E-state index in [2.05, 4.69) is 44.4 Å². The van der Waals surface area contributed by atoms with Crippen LogP contribution in [0.25, 0.3) is 11.3 Å². The average molecular weight is 332 g/mol. The Kier molecular flexibility index (Phi) is 4.13. The van der Waals surface area contributed by atoms with Crippen LogP contribution in [0.3, 0.4) is 0 Å². The Morgan fingerprint density at radius 2 is 2.20 bits per heavy atom. The highest BCUT2D eigenvalue weighted by Crippen LogP contribution is 2.23. The van der Waals surface area contributed by atoms with Crippen molar-refractivity contribution in [1.29, 1.82) is 0 Å². The molecule has 3 rings (SSSR count). The van der Waals surface area contributed by atoms with Gasteiger partial charge in [0.25, 0.3) is 0 Å². The topological polar surface area (TPSA) is 37.8 Å². The van der Waals surface area contributed by atoms with Crippen LogP contribution in [0.1, 0.15) is 17.9 Å². The Hall–Kier alpha value is -1.26. The first-order chi connectivity index (χ1) is 9.70. The largest absolute Gasteiger partial charge is 0.316 e. The summed E-state index contributed by atoms with van der Waals surface area (Å²) in [5.41, 5.74) is 3.19. The number of nitrogens with zero attached hydrogens (tertiary/aromatic N) is 2. The van der Waals surface area contributed by atoms with Crippen LogP contribution in [0.5, 0.6) is 0 Å². The van der Waals surface area contributed by atoms with E-state index in [1.54, 1.807) is 0 Å². The summed E-state index contributed by atoms with van der Waals surface area (Å²) in [6.45, 7) is 4.25. The zero-order chi connectivity index (χ0) is 13.9. The predicted octanol–water partition coefficient (Wildman–Crippen LogP) is 3.37. The Morgan fingerprint density at radius 3 is 2.95 bits per heavy atom. The van der Waals surface area contributed by atoms with Gasteiger partial charge in [-0.2, -0.15) is 0 Å². The molecule has 1 fully saturated rings. The monoisotopic (exact) mass is 331 g/mol. The smallest absolute Gasteiger partial charge is 0.129 e. The van der Waals surface area contributed by atoms with Gasteiger partial charge in [-0.25, -0.2) is 9.97 Å². The highest BCUT2D eigenvalue weighted by atomic mass is 79.9. The Labute approximate surface area is 128 Å². The summed E-state index contributed by atoms with van der Waals surface area (Å²) in [4.78, 5) is 9.34. The summed E-state index contributed by atoms with van der Waals surface area (Å²) < 4.78 is 1.08. The van der Waals surface area contributed by atoms with Crippen molar-refractivity contribution >= 4 is 15.9 Å². The molecule has 0 radical (unpaired) electrons. The van der Waals surface area contributed by atoms with Gasteiger partial charge in [-0.1, -0.05) is 28.1 Å². The summed E-state index contributed by atoms with van der Waals surface area (Å²) in [5, 5.41) is 3.40. The summed E-state index contributed by atoms with van der Waals surface area (Å²) in [7, 11) is 0. The summed E-state index contributed by atoms with van der Waals surface area (Å²) in [6, 6.07) is 10.3. The molecule has 4 heteroatoms. The Bertz CT molecular complexity index is 606. The molecule has 0 amide bonds. The minimum Gasteiger partial charge on any atom is -0.316 e. The molecule has 1 saturated heterocycles. The molecule has 3 nitrogen and oxygen atoms in total. The van der Waals surface area contributed by atoms with Crippen molar-refractivity contribution in [3.05, 3.63) is 46.3 Å². The molecule has 1 N–H and O–H groups in total. The molecule has 1 atom stereocenters. The fourth-order valence-electron chi connectivity index (χ4n) is 2.66. The number of nitrogens with one attached hydrogen (secondary N) is 1. The highest BCUT2D eigenvalue weighted by Gasteiger charge is 2.17. The lowest BCUT2D eigenvalue weighted by Gasteiger charge is -2.10. The van der Waals surface area contributed by atoms with Crippen molar-refractivity contribution in [2.45, 2.75) is 19.8 Å². The fourth-order valence-corrected chi connectivity index (χ4v) is 3.06. The van der Waals surface area contributed by atoms with E-state index in [4.69, 9.17) is 4.98 Å². The molecule has 0 bridgehead atoms. The highest BCUT2D eigenvalue weighted by molar-refractivity contribution is 9.10. The van der Waals surface area contributed by atoms with Gasteiger partial charge >= 0.3 is 0 Å². The first-order valence-electron chi connectivity index (χ1n) is 7.02. The van der Waals surface area contributed by atoms with Gasteiger partial charge in [0.05, 0.1) is 5.69 Å². The summed E-state index contributed by atoms with van der Waals surface area (Å²) >= 11 is 3.52. The van der Waals surface area contributed by atoms with Crippen LogP contribution in [0.2, 0.25) is 0 Å². The van der Waals surface area contributed by atoms with E-state index in [1.165, 1.54) is 6.42 Å². The van der Waals surface area contributed by atoms with E-state index in [0.717, 1.165) is 46.8 Å². The number of benzene rings is 1. The summed E-state index contributed by atoms with van der Waals surface area (Å²) in [6.07, 6.45) is 2.19. The molecule has 2 heterocycles. The number of hydrogen-bond acceptors (Lipinski definition) is 3. The quantitative estimate of drug-likeness (QED) is 0.936. The zero-order valence-electron chi connectivity index (χ0n) is 11.6. The molecular weight excluding hydrogens is 314 g/mol. The molecule has 0 saturated carbocycles. The molecule has 2 aromatic rings. The third-order valence-electron chi connectivity index (χ3n) is 3.65. The number of halogens is 1.